The molecule has 2 amide bonds. The van der Waals surface area contributed by atoms with Crippen LogP contribution in [0, 0.1) is 4.91 Å². The monoisotopic (exact) mass is 392 g/mol. The van der Waals surface area contributed by atoms with Gasteiger partial charge < -0.3 is 15.0 Å². The Morgan fingerprint density at radius 2 is 2.04 bits per heavy atom. The first-order valence-corrected chi connectivity index (χ1v) is 8.95. The normalized spacial score (nSPS) is 13.7. The second kappa shape index (κ2) is 8.56. The summed E-state index contributed by atoms with van der Waals surface area (Å²) < 4.78 is 5.41. The fourth-order valence-corrected chi connectivity index (χ4v) is 3.11. The van der Waals surface area contributed by atoms with Crippen LogP contribution in [0.25, 0.3) is 0 Å². The van der Waals surface area contributed by atoms with Gasteiger partial charge in [0, 0.05) is 26.2 Å². The van der Waals surface area contributed by atoms with E-state index in [0.29, 0.717) is 26.2 Å². The van der Waals surface area contributed by atoms with Crippen molar-refractivity contribution in [2.24, 2.45) is 0 Å². The molecule has 1 aromatic carbocycles. The molecule has 142 valence electrons. The van der Waals surface area contributed by atoms with Crippen LogP contribution in [0.1, 0.15) is 10.4 Å². The summed E-state index contributed by atoms with van der Waals surface area (Å²) in [5.74, 6) is -0.355. The third kappa shape index (κ3) is 4.57. The summed E-state index contributed by atoms with van der Waals surface area (Å²) in [5, 5.41) is 6.14. The summed E-state index contributed by atoms with van der Waals surface area (Å²) in [7, 11) is 1.23. The van der Waals surface area contributed by atoms with Crippen molar-refractivity contribution in [1.82, 2.24) is 15.2 Å². The molecule has 0 saturated carbocycles. The number of nitrogens with zero attached hydrogens (tertiary/aromatic N) is 3. The van der Waals surface area contributed by atoms with Crippen LogP contribution in [-0.4, -0.2) is 60.1 Å². The first kappa shape index (κ1) is 18.7. The van der Waals surface area contributed by atoms with Gasteiger partial charge in [0.25, 0.3) is 10.8 Å². The van der Waals surface area contributed by atoms with Crippen LogP contribution in [0.2, 0.25) is 0 Å². The predicted octanol–water partition coefficient (Wildman–Crippen LogP) is 1.77. The summed E-state index contributed by atoms with van der Waals surface area (Å²) in [6, 6.07) is 6.42. The zero-order chi connectivity index (χ0) is 19.2. The maximum absolute atomic E-state index is 12.6. The Morgan fingerprint density at radius 3 is 2.78 bits per heavy atom. The maximum atomic E-state index is 12.6. The molecule has 0 bridgehead atoms. The number of nitrogens with one attached hydrogen (secondary N) is 2. The minimum atomic E-state index is -0.505. The average molecular weight is 392 g/mol. The van der Waals surface area contributed by atoms with Crippen LogP contribution < -0.4 is 15.4 Å². The highest BCUT2D eigenvalue weighted by Crippen LogP contribution is 2.27. The first-order chi connectivity index (χ1) is 13.1. The minimum Gasteiger partial charge on any atom is -0.409 e. The molecule has 1 aliphatic rings. The number of anilines is 1. The van der Waals surface area contributed by atoms with E-state index < -0.39 is 12.0 Å². The number of thiazole rings is 1. The van der Waals surface area contributed by atoms with Crippen molar-refractivity contribution in [2.45, 2.75) is 0 Å². The molecular weight excluding hydrogens is 374 g/mol. The maximum Gasteiger partial charge on any atom is 0.415 e. The molecule has 11 heteroatoms. The van der Waals surface area contributed by atoms with E-state index in [1.807, 2.05) is 0 Å². The Kier molecular flexibility index (Phi) is 5.94. The van der Waals surface area contributed by atoms with Crippen LogP contribution in [0.4, 0.5) is 14.9 Å². The lowest BCUT2D eigenvalue weighted by molar-refractivity contribution is -0.734. The molecule has 0 spiro atoms. The molecule has 1 aromatic heterocycles. The molecule has 0 unspecified atom stereocenters. The lowest BCUT2D eigenvalue weighted by Gasteiger charge is -2.26. The zero-order valence-corrected chi connectivity index (χ0v) is 15.3. The highest BCUT2D eigenvalue weighted by Gasteiger charge is 2.23. The Labute approximate surface area is 158 Å². The number of rotatable bonds is 5. The number of aromatic nitrogens is 1. The van der Waals surface area contributed by atoms with Crippen molar-refractivity contribution in [2.75, 3.05) is 38.6 Å². The topological polar surface area (TPSA) is 113 Å². The SMILES string of the molecule is CO[N+](=O)c1cnc(NC(=O)c2ccccc2OC(=O)N2CCNCC2)s1. The molecular formula is C16H18N5O5S+. The van der Waals surface area contributed by atoms with Crippen LogP contribution in [-0.2, 0) is 4.84 Å². The van der Waals surface area contributed by atoms with Gasteiger partial charge in [-0.2, -0.15) is 0 Å². The molecule has 1 aliphatic heterocycles. The summed E-state index contributed by atoms with van der Waals surface area (Å²) in [6.45, 7) is 2.48. The van der Waals surface area contributed by atoms with Crippen LogP contribution >= 0.6 is 11.3 Å². The van der Waals surface area contributed by atoms with E-state index >= 15 is 0 Å². The van der Waals surface area contributed by atoms with Gasteiger partial charge in [-0.1, -0.05) is 12.1 Å². The zero-order valence-electron chi connectivity index (χ0n) is 14.5. The molecule has 27 heavy (non-hydrogen) atoms. The average Bonchev–Trinajstić information content (AvgIpc) is 3.16. The van der Waals surface area contributed by atoms with E-state index in [1.54, 1.807) is 29.2 Å². The Hall–Kier alpha value is -3.05. The number of benzene rings is 1. The predicted molar refractivity (Wildman–Crippen MR) is 97.3 cm³/mol. The van der Waals surface area contributed by atoms with Crippen molar-refractivity contribution < 1.29 is 24.1 Å². The number of ether oxygens (including phenoxy) is 1. The van der Waals surface area contributed by atoms with E-state index in [4.69, 9.17) is 4.74 Å². The van der Waals surface area contributed by atoms with Crippen LogP contribution in [0.15, 0.2) is 30.5 Å². The lowest BCUT2D eigenvalue weighted by Crippen LogP contribution is -2.47. The molecule has 0 aliphatic carbocycles. The summed E-state index contributed by atoms with van der Waals surface area (Å²) >= 11 is 0.953. The second-order valence-corrected chi connectivity index (χ2v) is 6.51. The van der Waals surface area contributed by atoms with Gasteiger partial charge in [-0.3, -0.25) is 10.1 Å². The van der Waals surface area contributed by atoms with Crippen molar-refractivity contribution >= 4 is 33.5 Å². The molecule has 2 N–H and O–H groups in total. The number of carbonyl (C=O) groups excluding carboxylic acids is 2. The van der Waals surface area contributed by atoms with E-state index in [9.17, 15) is 14.5 Å². The number of piperazine rings is 1. The van der Waals surface area contributed by atoms with Crippen molar-refractivity contribution in [3.63, 3.8) is 0 Å². The lowest BCUT2D eigenvalue weighted by atomic mass is 10.2. The fourth-order valence-electron chi connectivity index (χ4n) is 2.41. The van der Waals surface area contributed by atoms with Gasteiger partial charge in [0.1, 0.15) is 11.9 Å². The van der Waals surface area contributed by atoms with Gasteiger partial charge in [-0.25, -0.2) is 14.6 Å². The molecule has 0 atom stereocenters. The molecule has 0 radical (unpaired) electrons. The van der Waals surface area contributed by atoms with Crippen molar-refractivity contribution in [1.29, 1.82) is 0 Å². The quantitative estimate of drug-likeness (QED) is 0.746. The molecule has 2 aromatic rings. The smallest absolute Gasteiger partial charge is 0.409 e. The number of para-hydroxylation sites is 1. The molecule has 3 rings (SSSR count). The van der Waals surface area contributed by atoms with Gasteiger partial charge in [-0.15, -0.1) is 0 Å². The molecule has 1 fully saturated rings. The first-order valence-electron chi connectivity index (χ1n) is 8.13. The Balaban J connectivity index is 1.70. The summed E-state index contributed by atoms with van der Waals surface area (Å²) in [6.07, 6.45) is 0.781. The second-order valence-electron chi connectivity index (χ2n) is 5.50. The Bertz CT molecular complexity index is 849. The largest absolute Gasteiger partial charge is 0.415 e. The fraction of sp³-hybridized carbons (Fsp3) is 0.312. The van der Waals surface area contributed by atoms with E-state index in [1.165, 1.54) is 13.3 Å². The van der Waals surface area contributed by atoms with E-state index in [2.05, 4.69) is 20.5 Å². The number of hydrogen-bond acceptors (Lipinski definition) is 8. The van der Waals surface area contributed by atoms with Gasteiger partial charge in [-0.05, 0) is 23.5 Å². The molecule has 1 saturated heterocycles. The van der Waals surface area contributed by atoms with Crippen LogP contribution in [0.3, 0.4) is 0 Å². The third-order valence-corrected chi connectivity index (χ3v) is 4.63. The van der Waals surface area contributed by atoms with Gasteiger partial charge in [0.05, 0.1) is 10.5 Å². The summed E-state index contributed by atoms with van der Waals surface area (Å²) in [5.41, 5.74) is 0.184. The molecule has 2 heterocycles. The number of hydrogen-bond donors (Lipinski definition) is 2. The van der Waals surface area contributed by atoms with Crippen molar-refractivity contribution in [3.05, 3.63) is 40.9 Å². The highest BCUT2D eigenvalue weighted by atomic mass is 32.1. The Morgan fingerprint density at radius 1 is 1.30 bits per heavy atom. The van der Waals surface area contributed by atoms with Crippen molar-refractivity contribution in [3.8, 4) is 5.75 Å². The standard InChI is InChI=1S/C16H17N5O5S/c1-25-21(24)13-10-18-15(27-13)19-14(22)11-4-2-3-5-12(11)26-16(23)20-8-6-17-7-9-20/h2-5,10,17H,6-9H2,1H3/p+1. The van der Waals surface area contributed by atoms with Gasteiger partial charge in [0.15, 0.2) is 12.2 Å². The number of carbonyl (C=O) groups is 2. The number of amides is 2. The highest BCUT2D eigenvalue weighted by molar-refractivity contribution is 7.18. The van der Waals surface area contributed by atoms with Gasteiger partial charge in [0.2, 0.25) is 0 Å². The summed E-state index contributed by atoms with van der Waals surface area (Å²) in [4.78, 5) is 46.6. The molecule has 10 nitrogen and oxygen atoms in total. The van der Waals surface area contributed by atoms with E-state index in [-0.39, 0.29) is 26.4 Å². The van der Waals surface area contributed by atoms with Gasteiger partial charge >= 0.3 is 11.1 Å². The van der Waals surface area contributed by atoms with E-state index in [0.717, 1.165) is 11.3 Å². The third-order valence-electron chi connectivity index (χ3n) is 3.76. The van der Waals surface area contributed by atoms with Crippen LogP contribution in [0.5, 0.6) is 5.75 Å². The minimum absolute atomic E-state index is 0.151.